The highest BCUT2D eigenvalue weighted by molar-refractivity contribution is 6.46. The average molecular weight is 455 g/mol. The Morgan fingerprint density at radius 1 is 1.00 bits per heavy atom. The summed E-state index contributed by atoms with van der Waals surface area (Å²) in [7, 11) is 1.52. The molecule has 2 aliphatic rings. The zero-order valence-electron chi connectivity index (χ0n) is 18.9. The molecule has 2 aliphatic heterocycles. The number of aryl methyl sites for hydroxylation is 2. The van der Waals surface area contributed by atoms with Crippen LogP contribution < -0.4 is 9.64 Å². The molecule has 32 heavy (non-hydrogen) atoms. The number of methoxy groups -OCH3 is 1. The number of morpholine rings is 1. The number of carbonyl (C=O) groups excluding carboxylic acids is 2. The van der Waals surface area contributed by atoms with Gasteiger partial charge in [-0.3, -0.25) is 9.59 Å². The topological polar surface area (TPSA) is 59.1 Å². The number of benzene rings is 2. The van der Waals surface area contributed by atoms with Gasteiger partial charge in [0.15, 0.2) is 0 Å². The second-order valence-electron chi connectivity index (χ2n) is 8.47. The number of rotatable bonds is 4. The van der Waals surface area contributed by atoms with Crippen molar-refractivity contribution in [3.63, 3.8) is 0 Å². The SMILES string of the molecule is COc1ccc(N2C(=O)C(c3ccc(C)cc3C)=C(N3CC(C)OC(C)C3)C2=O)cc1Cl. The van der Waals surface area contributed by atoms with Crippen LogP contribution in [0.5, 0.6) is 5.75 Å². The van der Waals surface area contributed by atoms with Gasteiger partial charge in [-0.15, -0.1) is 0 Å². The van der Waals surface area contributed by atoms with Gasteiger partial charge in [0.2, 0.25) is 0 Å². The van der Waals surface area contributed by atoms with E-state index in [-0.39, 0.29) is 24.0 Å². The van der Waals surface area contributed by atoms with Gasteiger partial charge in [-0.1, -0.05) is 35.4 Å². The second kappa shape index (κ2) is 8.60. The molecule has 0 saturated carbocycles. The van der Waals surface area contributed by atoms with E-state index in [4.69, 9.17) is 21.1 Å². The highest BCUT2D eigenvalue weighted by atomic mass is 35.5. The Morgan fingerprint density at radius 2 is 1.69 bits per heavy atom. The van der Waals surface area contributed by atoms with Gasteiger partial charge in [0.05, 0.1) is 35.6 Å². The summed E-state index contributed by atoms with van der Waals surface area (Å²) in [6.45, 7) is 8.98. The van der Waals surface area contributed by atoms with Crippen LogP contribution in [0.3, 0.4) is 0 Å². The van der Waals surface area contributed by atoms with Crippen molar-refractivity contribution < 1.29 is 19.1 Å². The van der Waals surface area contributed by atoms with E-state index in [1.807, 2.05) is 50.8 Å². The van der Waals surface area contributed by atoms with Crippen LogP contribution in [0.4, 0.5) is 5.69 Å². The van der Waals surface area contributed by atoms with E-state index in [9.17, 15) is 9.59 Å². The Hall–Kier alpha value is -2.83. The highest BCUT2D eigenvalue weighted by Gasteiger charge is 2.44. The molecule has 7 heteroatoms. The Bertz CT molecular complexity index is 1120. The summed E-state index contributed by atoms with van der Waals surface area (Å²) in [5.74, 6) is -0.231. The minimum atomic E-state index is -0.356. The first-order chi connectivity index (χ1) is 15.2. The largest absolute Gasteiger partial charge is 0.495 e. The first kappa shape index (κ1) is 22.4. The van der Waals surface area contributed by atoms with Crippen LogP contribution >= 0.6 is 11.6 Å². The second-order valence-corrected chi connectivity index (χ2v) is 8.88. The number of hydrogen-bond acceptors (Lipinski definition) is 5. The van der Waals surface area contributed by atoms with Gasteiger partial charge >= 0.3 is 0 Å². The summed E-state index contributed by atoms with van der Waals surface area (Å²) in [5, 5.41) is 0.334. The molecular formula is C25H27ClN2O4. The molecule has 2 amide bonds. The van der Waals surface area contributed by atoms with Crippen LogP contribution in [0, 0.1) is 13.8 Å². The third-order valence-electron chi connectivity index (χ3n) is 5.84. The van der Waals surface area contributed by atoms with E-state index in [0.717, 1.165) is 16.7 Å². The molecule has 2 atom stereocenters. The number of hydrogen-bond donors (Lipinski definition) is 0. The maximum absolute atomic E-state index is 13.8. The van der Waals surface area contributed by atoms with Gasteiger partial charge in [0.25, 0.3) is 11.8 Å². The summed E-state index contributed by atoms with van der Waals surface area (Å²) < 4.78 is 11.1. The number of ether oxygens (including phenoxy) is 2. The molecule has 2 heterocycles. The van der Waals surface area contributed by atoms with Crippen molar-refractivity contribution in [1.82, 2.24) is 4.90 Å². The van der Waals surface area contributed by atoms with Crippen molar-refractivity contribution in [1.29, 1.82) is 0 Å². The predicted molar refractivity (Wildman–Crippen MR) is 125 cm³/mol. The third kappa shape index (κ3) is 3.89. The maximum atomic E-state index is 13.8. The number of amides is 2. The van der Waals surface area contributed by atoms with E-state index in [1.54, 1.807) is 18.2 Å². The van der Waals surface area contributed by atoms with Crippen molar-refractivity contribution >= 4 is 34.7 Å². The third-order valence-corrected chi connectivity index (χ3v) is 6.14. The smallest absolute Gasteiger partial charge is 0.282 e. The fraction of sp³-hybridized carbons (Fsp3) is 0.360. The Kier molecular flexibility index (Phi) is 6.01. The van der Waals surface area contributed by atoms with E-state index in [2.05, 4.69) is 0 Å². The van der Waals surface area contributed by atoms with Gasteiger partial charge in [-0.25, -0.2) is 4.90 Å². The van der Waals surface area contributed by atoms with Crippen molar-refractivity contribution in [2.24, 2.45) is 0 Å². The van der Waals surface area contributed by atoms with Crippen molar-refractivity contribution in [3.8, 4) is 5.75 Å². The first-order valence-corrected chi connectivity index (χ1v) is 11.0. The van der Waals surface area contributed by atoms with Crippen LogP contribution in [0.1, 0.15) is 30.5 Å². The number of carbonyl (C=O) groups is 2. The Balaban J connectivity index is 1.86. The van der Waals surface area contributed by atoms with Crippen LogP contribution in [0.25, 0.3) is 5.57 Å². The van der Waals surface area contributed by atoms with Crippen LogP contribution in [-0.4, -0.2) is 49.1 Å². The molecule has 0 bridgehead atoms. The molecule has 0 spiro atoms. The Labute approximate surface area is 193 Å². The summed E-state index contributed by atoms with van der Waals surface area (Å²) in [5.41, 5.74) is 4.05. The predicted octanol–water partition coefficient (Wildman–Crippen LogP) is 4.36. The summed E-state index contributed by atoms with van der Waals surface area (Å²) in [6.07, 6.45) is -0.113. The van der Waals surface area contributed by atoms with Gasteiger partial charge in [0, 0.05) is 13.1 Å². The van der Waals surface area contributed by atoms with E-state index in [1.165, 1.54) is 12.0 Å². The molecule has 0 aliphatic carbocycles. The van der Waals surface area contributed by atoms with Crippen LogP contribution in [0.2, 0.25) is 5.02 Å². The summed E-state index contributed by atoms with van der Waals surface area (Å²) in [4.78, 5) is 30.7. The lowest BCUT2D eigenvalue weighted by Crippen LogP contribution is -2.47. The summed E-state index contributed by atoms with van der Waals surface area (Å²) >= 11 is 6.31. The fourth-order valence-electron chi connectivity index (χ4n) is 4.54. The van der Waals surface area contributed by atoms with Gasteiger partial charge < -0.3 is 14.4 Å². The lowest BCUT2D eigenvalue weighted by molar-refractivity contribution is -0.121. The number of anilines is 1. The molecule has 1 saturated heterocycles. The normalized spacial score (nSPS) is 21.6. The molecule has 2 aromatic carbocycles. The van der Waals surface area contributed by atoms with E-state index in [0.29, 0.717) is 40.8 Å². The van der Waals surface area contributed by atoms with Crippen LogP contribution in [0.15, 0.2) is 42.1 Å². The monoisotopic (exact) mass is 454 g/mol. The average Bonchev–Trinajstić information content (AvgIpc) is 2.97. The lowest BCUT2D eigenvalue weighted by Gasteiger charge is -2.37. The molecule has 1 fully saturated rings. The molecule has 168 valence electrons. The zero-order chi connectivity index (χ0) is 23.2. The molecule has 0 N–H and O–H groups in total. The molecular weight excluding hydrogens is 428 g/mol. The Morgan fingerprint density at radius 3 is 2.28 bits per heavy atom. The zero-order valence-corrected chi connectivity index (χ0v) is 19.7. The maximum Gasteiger partial charge on any atom is 0.282 e. The van der Waals surface area contributed by atoms with Crippen LogP contribution in [-0.2, 0) is 14.3 Å². The fourth-order valence-corrected chi connectivity index (χ4v) is 4.79. The van der Waals surface area contributed by atoms with Gasteiger partial charge in [-0.2, -0.15) is 0 Å². The quantitative estimate of drug-likeness (QED) is 0.642. The minimum absolute atomic E-state index is 0.0565. The highest BCUT2D eigenvalue weighted by Crippen LogP contribution is 2.39. The van der Waals surface area contributed by atoms with Crippen molar-refractivity contribution in [3.05, 3.63) is 63.8 Å². The van der Waals surface area contributed by atoms with Gasteiger partial charge in [0.1, 0.15) is 11.4 Å². The van der Waals surface area contributed by atoms with E-state index < -0.39 is 0 Å². The standard InChI is InChI=1S/C25H27ClN2O4/c1-14-6-8-19(15(2)10-14)22-23(27-12-16(3)32-17(4)13-27)25(30)28(24(22)29)18-7-9-21(31-5)20(26)11-18/h6-11,16-17H,12-13H2,1-5H3. The first-order valence-electron chi connectivity index (χ1n) is 10.7. The molecule has 0 aromatic heterocycles. The lowest BCUT2D eigenvalue weighted by atomic mass is 9.97. The molecule has 4 rings (SSSR count). The van der Waals surface area contributed by atoms with E-state index >= 15 is 0 Å². The number of nitrogens with zero attached hydrogens (tertiary/aromatic N) is 2. The summed E-state index contributed by atoms with van der Waals surface area (Å²) in [6, 6.07) is 10.8. The molecule has 0 radical (unpaired) electrons. The van der Waals surface area contributed by atoms with Gasteiger partial charge in [-0.05, 0) is 57.0 Å². The number of imide groups is 1. The van der Waals surface area contributed by atoms with Crippen molar-refractivity contribution in [2.45, 2.75) is 39.9 Å². The molecule has 2 unspecified atom stereocenters. The number of halogens is 1. The molecule has 2 aromatic rings. The van der Waals surface area contributed by atoms with Crippen molar-refractivity contribution in [2.75, 3.05) is 25.1 Å². The molecule has 6 nitrogen and oxygen atoms in total. The minimum Gasteiger partial charge on any atom is -0.495 e.